The zero-order valence-electron chi connectivity index (χ0n) is 16.8. The van der Waals surface area contributed by atoms with E-state index in [1.165, 1.54) is 24.3 Å². The SMILES string of the molecule is C#CCC(C)(CNS(=O)(=O)c1ccc(C)cc1)CNS(=O)(=O)c1ccc(C)cc1. The molecule has 0 heterocycles. The summed E-state index contributed by atoms with van der Waals surface area (Å²) in [6.07, 6.45) is 5.64. The van der Waals surface area contributed by atoms with E-state index in [1.54, 1.807) is 31.2 Å². The summed E-state index contributed by atoms with van der Waals surface area (Å²) in [5.74, 6) is 2.51. The maximum atomic E-state index is 12.5. The highest BCUT2D eigenvalue weighted by Gasteiger charge is 2.28. The second kappa shape index (κ2) is 9.09. The normalized spacial score (nSPS) is 12.5. The number of hydrogen-bond donors (Lipinski definition) is 2. The summed E-state index contributed by atoms with van der Waals surface area (Å²) in [6.45, 7) is 5.46. The van der Waals surface area contributed by atoms with Crippen molar-refractivity contribution >= 4 is 20.0 Å². The van der Waals surface area contributed by atoms with E-state index in [0.29, 0.717) is 0 Å². The van der Waals surface area contributed by atoms with E-state index in [9.17, 15) is 16.8 Å². The fourth-order valence-corrected chi connectivity index (χ4v) is 4.97. The molecule has 0 aliphatic carbocycles. The van der Waals surface area contributed by atoms with Gasteiger partial charge in [-0.25, -0.2) is 26.3 Å². The second-order valence-electron chi connectivity index (χ2n) is 7.47. The van der Waals surface area contributed by atoms with E-state index >= 15 is 0 Å². The van der Waals surface area contributed by atoms with Gasteiger partial charge in [-0.05, 0) is 38.1 Å². The number of aryl methyl sites for hydroxylation is 2. The van der Waals surface area contributed by atoms with Gasteiger partial charge in [0.2, 0.25) is 20.0 Å². The minimum atomic E-state index is -3.74. The van der Waals surface area contributed by atoms with Crippen LogP contribution < -0.4 is 9.44 Å². The first-order chi connectivity index (χ1) is 13.5. The molecule has 2 aromatic rings. The van der Waals surface area contributed by atoms with Crippen molar-refractivity contribution in [2.75, 3.05) is 13.1 Å². The number of terminal acetylenes is 1. The molecule has 0 saturated heterocycles. The molecule has 0 unspecified atom stereocenters. The highest BCUT2D eigenvalue weighted by molar-refractivity contribution is 7.89. The Morgan fingerprint density at radius 3 is 1.45 bits per heavy atom. The van der Waals surface area contributed by atoms with Crippen molar-refractivity contribution in [3.8, 4) is 12.3 Å². The Balaban J connectivity index is 2.11. The number of benzene rings is 2. The zero-order chi connectivity index (χ0) is 21.7. The predicted octanol–water partition coefficient (Wildman–Crippen LogP) is 2.59. The van der Waals surface area contributed by atoms with Crippen molar-refractivity contribution in [2.24, 2.45) is 5.41 Å². The molecule has 0 aromatic heterocycles. The molecule has 0 radical (unpaired) electrons. The van der Waals surface area contributed by atoms with Crippen LogP contribution in [0.5, 0.6) is 0 Å². The summed E-state index contributed by atoms with van der Waals surface area (Å²) in [4.78, 5) is 0.290. The number of hydrogen-bond acceptors (Lipinski definition) is 4. The average molecular weight is 435 g/mol. The number of nitrogens with one attached hydrogen (secondary N) is 2. The third kappa shape index (κ3) is 6.41. The first-order valence-electron chi connectivity index (χ1n) is 9.04. The van der Waals surface area contributed by atoms with Gasteiger partial charge in [0, 0.05) is 24.9 Å². The van der Waals surface area contributed by atoms with Gasteiger partial charge in [-0.15, -0.1) is 12.3 Å². The Hall–Kier alpha value is -2.18. The molecule has 0 saturated carbocycles. The Bertz CT molecular complexity index is 1000. The van der Waals surface area contributed by atoms with Crippen LogP contribution in [0.2, 0.25) is 0 Å². The van der Waals surface area contributed by atoms with Crippen molar-refractivity contribution in [2.45, 2.75) is 37.0 Å². The van der Waals surface area contributed by atoms with E-state index in [-0.39, 0.29) is 29.3 Å². The fourth-order valence-electron chi connectivity index (χ4n) is 2.57. The van der Waals surface area contributed by atoms with Gasteiger partial charge >= 0.3 is 0 Å². The third-order valence-corrected chi connectivity index (χ3v) is 7.40. The van der Waals surface area contributed by atoms with Gasteiger partial charge in [-0.2, -0.15) is 0 Å². The van der Waals surface area contributed by atoms with Gasteiger partial charge < -0.3 is 0 Å². The molecular formula is C21H26N2O4S2. The van der Waals surface area contributed by atoms with E-state index in [2.05, 4.69) is 15.4 Å². The zero-order valence-corrected chi connectivity index (χ0v) is 18.4. The minimum absolute atomic E-state index is 0.0101. The predicted molar refractivity (Wildman–Crippen MR) is 114 cm³/mol. The van der Waals surface area contributed by atoms with Crippen LogP contribution in [-0.2, 0) is 20.0 Å². The Kier molecular flexibility index (Phi) is 7.25. The summed E-state index contributed by atoms with van der Waals surface area (Å²) in [5.41, 5.74) is 1.10. The van der Waals surface area contributed by atoms with Crippen LogP contribution in [-0.4, -0.2) is 29.9 Å². The highest BCUT2D eigenvalue weighted by Crippen LogP contribution is 2.22. The summed E-state index contributed by atoms with van der Waals surface area (Å²) in [5, 5.41) is 0. The maximum Gasteiger partial charge on any atom is 0.240 e. The molecule has 6 nitrogen and oxygen atoms in total. The van der Waals surface area contributed by atoms with Gasteiger partial charge in [0.05, 0.1) is 9.79 Å². The summed E-state index contributed by atoms with van der Waals surface area (Å²) >= 11 is 0. The standard InChI is InChI=1S/C21H26N2O4S2/c1-5-14-21(4,15-22-28(24,25)19-10-6-17(2)7-11-19)16-23-29(26,27)20-12-8-18(3)9-13-20/h1,6-13,22-23H,14-16H2,2-4H3. The Morgan fingerprint density at radius 2 is 1.14 bits per heavy atom. The quantitative estimate of drug-likeness (QED) is 0.594. The lowest BCUT2D eigenvalue weighted by atomic mass is 9.88. The van der Waals surface area contributed by atoms with Crippen molar-refractivity contribution in [3.05, 3.63) is 59.7 Å². The molecule has 2 aromatic carbocycles. The van der Waals surface area contributed by atoms with Crippen LogP contribution in [0, 0.1) is 31.6 Å². The smallest absolute Gasteiger partial charge is 0.211 e. The van der Waals surface area contributed by atoms with Crippen molar-refractivity contribution in [1.29, 1.82) is 0 Å². The van der Waals surface area contributed by atoms with Crippen LogP contribution in [0.25, 0.3) is 0 Å². The van der Waals surface area contributed by atoms with E-state index < -0.39 is 25.5 Å². The van der Waals surface area contributed by atoms with Crippen LogP contribution in [0.15, 0.2) is 58.3 Å². The van der Waals surface area contributed by atoms with Gasteiger partial charge in [0.1, 0.15) is 0 Å². The molecule has 0 aliphatic rings. The minimum Gasteiger partial charge on any atom is -0.211 e. The molecule has 0 bridgehead atoms. The topological polar surface area (TPSA) is 92.3 Å². The molecule has 0 atom stereocenters. The molecule has 29 heavy (non-hydrogen) atoms. The summed E-state index contributed by atoms with van der Waals surface area (Å²) < 4.78 is 55.3. The van der Waals surface area contributed by atoms with Crippen molar-refractivity contribution in [3.63, 3.8) is 0 Å². The second-order valence-corrected chi connectivity index (χ2v) is 11.0. The third-order valence-electron chi connectivity index (χ3n) is 4.57. The average Bonchev–Trinajstić information content (AvgIpc) is 2.66. The molecule has 0 fully saturated rings. The fraction of sp³-hybridized carbons (Fsp3) is 0.333. The summed E-state index contributed by atoms with van der Waals surface area (Å²) in [6, 6.07) is 12.9. The van der Waals surface area contributed by atoms with Crippen molar-refractivity contribution in [1.82, 2.24) is 9.44 Å². The van der Waals surface area contributed by atoms with Crippen LogP contribution in [0.4, 0.5) is 0 Å². The molecule has 0 aliphatic heterocycles. The molecule has 0 spiro atoms. The van der Waals surface area contributed by atoms with E-state index in [0.717, 1.165) is 11.1 Å². The highest BCUT2D eigenvalue weighted by atomic mass is 32.2. The first-order valence-corrected chi connectivity index (χ1v) is 12.0. The molecule has 156 valence electrons. The summed E-state index contributed by atoms with van der Waals surface area (Å²) in [7, 11) is -7.47. The monoisotopic (exact) mass is 434 g/mol. The van der Waals surface area contributed by atoms with Gasteiger partial charge in [0.25, 0.3) is 0 Å². The first kappa shape index (κ1) is 23.1. The van der Waals surface area contributed by atoms with Crippen LogP contribution in [0.3, 0.4) is 0 Å². The van der Waals surface area contributed by atoms with Gasteiger partial charge in [-0.1, -0.05) is 42.3 Å². The number of sulfonamides is 2. The molecule has 2 rings (SSSR count). The molecule has 8 heteroatoms. The maximum absolute atomic E-state index is 12.5. The lowest BCUT2D eigenvalue weighted by molar-refractivity contribution is 0.332. The molecule has 2 N–H and O–H groups in total. The molecular weight excluding hydrogens is 408 g/mol. The Morgan fingerprint density at radius 1 is 0.793 bits per heavy atom. The van der Waals surface area contributed by atoms with Gasteiger partial charge in [0.15, 0.2) is 0 Å². The molecule has 0 amide bonds. The van der Waals surface area contributed by atoms with E-state index in [1.807, 2.05) is 13.8 Å². The Labute approximate surface area is 173 Å². The van der Waals surface area contributed by atoms with Crippen LogP contribution in [0.1, 0.15) is 24.5 Å². The lowest BCUT2D eigenvalue weighted by Gasteiger charge is -2.28. The largest absolute Gasteiger partial charge is 0.240 e. The van der Waals surface area contributed by atoms with Crippen molar-refractivity contribution < 1.29 is 16.8 Å². The van der Waals surface area contributed by atoms with Gasteiger partial charge in [-0.3, -0.25) is 0 Å². The lowest BCUT2D eigenvalue weighted by Crippen LogP contribution is -2.43. The van der Waals surface area contributed by atoms with Crippen LogP contribution >= 0.6 is 0 Å². The number of rotatable bonds is 9. The van der Waals surface area contributed by atoms with E-state index in [4.69, 9.17) is 6.42 Å².